The van der Waals surface area contributed by atoms with E-state index in [4.69, 9.17) is 18.0 Å². The number of amides is 1. The molecule has 1 aromatic rings. The van der Waals surface area contributed by atoms with E-state index in [-0.39, 0.29) is 5.91 Å². The lowest BCUT2D eigenvalue weighted by Gasteiger charge is -2.20. The highest BCUT2D eigenvalue weighted by Crippen LogP contribution is 2.17. The molecule has 1 saturated heterocycles. The summed E-state index contributed by atoms with van der Waals surface area (Å²) in [6.45, 7) is 3.57. The summed E-state index contributed by atoms with van der Waals surface area (Å²) in [5.74, 6) is -0.0162. The van der Waals surface area contributed by atoms with Crippen LogP contribution in [0.25, 0.3) is 0 Å². The third kappa shape index (κ3) is 3.52. The minimum Gasteiger partial charge on any atom is -0.389 e. The molecule has 0 saturated carbocycles. The zero-order chi connectivity index (χ0) is 13.8. The second kappa shape index (κ2) is 6.12. The molecule has 1 amide bonds. The highest BCUT2D eigenvalue weighted by Gasteiger charge is 2.22. The molecule has 4 nitrogen and oxygen atoms in total. The third-order valence-electron chi connectivity index (χ3n) is 3.50. The molecule has 2 rings (SSSR count). The van der Waals surface area contributed by atoms with Crippen LogP contribution in [0.4, 0.5) is 5.69 Å². The lowest BCUT2D eigenvalue weighted by Crippen LogP contribution is -2.35. The number of para-hydroxylation sites is 1. The maximum atomic E-state index is 12.1. The van der Waals surface area contributed by atoms with Gasteiger partial charge in [0.1, 0.15) is 4.99 Å². The molecule has 5 heteroatoms. The summed E-state index contributed by atoms with van der Waals surface area (Å²) in [5.41, 5.74) is 7.04. The average Bonchev–Trinajstić information content (AvgIpc) is 2.75. The van der Waals surface area contributed by atoms with Gasteiger partial charge in [-0.1, -0.05) is 24.4 Å². The van der Waals surface area contributed by atoms with Gasteiger partial charge in [-0.15, -0.1) is 0 Å². The first-order valence-corrected chi connectivity index (χ1v) is 6.91. The van der Waals surface area contributed by atoms with Crippen molar-refractivity contribution in [2.75, 3.05) is 18.4 Å². The first-order chi connectivity index (χ1) is 9.08. The van der Waals surface area contributed by atoms with Gasteiger partial charge in [0, 0.05) is 11.6 Å². The minimum atomic E-state index is -0.0162. The van der Waals surface area contributed by atoms with Gasteiger partial charge in [-0.2, -0.15) is 0 Å². The molecule has 0 aliphatic carbocycles. The quantitative estimate of drug-likeness (QED) is 0.823. The number of thiocarbonyl (C=S) groups is 1. The molecule has 1 fully saturated rings. The van der Waals surface area contributed by atoms with Crippen LogP contribution in [0.3, 0.4) is 0 Å². The molecule has 0 bridgehead atoms. The van der Waals surface area contributed by atoms with Crippen molar-refractivity contribution in [2.45, 2.75) is 25.8 Å². The summed E-state index contributed by atoms with van der Waals surface area (Å²) in [7, 11) is 0. The monoisotopic (exact) mass is 277 g/mol. The first-order valence-electron chi connectivity index (χ1n) is 6.50. The van der Waals surface area contributed by atoms with E-state index in [9.17, 15) is 4.79 Å². The van der Waals surface area contributed by atoms with Crippen LogP contribution in [-0.4, -0.2) is 34.9 Å². The van der Waals surface area contributed by atoms with Gasteiger partial charge in [0.2, 0.25) is 5.91 Å². The number of likely N-dealkylation sites (tertiary alicyclic amines) is 1. The molecule has 0 aromatic heterocycles. The largest absolute Gasteiger partial charge is 0.389 e. The number of rotatable bonds is 4. The van der Waals surface area contributed by atoms with Crippen molar-refractivity contribution in [1.82, 2.24) is 4.90 Å². The molecular weight excluding hydrogens is 258 g/mol. The zero-order valence-corrected chi connectivity index (χ0v) is 11.9. The van der Waals surface area contributed by atoms with Crippen LogP contribution < -0.4 is 11.1 Å². The van der Waals surface area contributed by atoms with Gasteiger partial charge in [0.05, 0.1) is 12.2 Å². The molecule has 0 spiro atoms. The molecule has 1 unspecified atom stereocenters. The van der Waals surface area contributed by atoms with Crippen molar-refractivity contribution in [3.8, 4) is 0 Å². The predicted octanol–water partition coefficient (Wildman–Crippen LogP) is 1.74. The molecule has 1 aliphatic heterocycles. The number of nitrogens with two attached hydrogens (primary N) is 1. The van der Waals surface area contributed by atoms with E-state index < -0.39 is 0 Å². The van der Waals surface area contributed by atoms with Gasteiger partial charge in [-0.05, 0) is 38.4 Å². The van der Waals surface area contributed by atoms with Gasteiger partial charge >= 0.3 is 0 Å². The fourth-order valence-electron chi connectivity index (χ4n) is 2.41. The smallest absolute Gasteiger partial charge is 0.238 e. The fraction of sp³-hybridized carbons (Fsp3) is 0.429. The number of nitrogens with zero attached hydrogens (tertiary/aromatic N) is 1. The van der Waals surface area contributed by atoms with Crippen LogP contribution >= 0.6 is 12.2 Å². The number of carbonyl (C=O) groups excluding carboxylic acids is 1. The molecule has 1 atom stereocenters. The molecule has 3 N–H and O–H groups in total. The Kier molecular flexibility index (Phi) is 4.50. The lowest BCUT2D eigenvalue weighted by molar-refractivity contribution is -0.117. The highest BCUT2D eigenvalue weighted by atomic mass is 32.1. The van der Waals surface area contributed by atoms with Gasteiger partial charge in [0.15, 0.2) is 0 Å². The Labute approximate surface area is 119 Å². The van der Waals surface area contributed by atoms with Crippen LogP contribution in [-0.2, 0) is 4.79 Å². The van der Waals surface area contributed by atoms with Crippen LogP contribution in [0.15, 0.2) is 24.3 Å². The van der Waals surface area contributed by atoms with Gasteiger partial charge in [0.25, 0.3) is 0 Å². The molecule has 102 valence electrons. The van der Waals surface area contributed by atoms with E-state index in [1.165, 1.54) is 0 Å². The standard InChI is InChI=1S/C14H19N3OS/c1-10-5-4-8-17(10)9-13(18)16-12-7-3-2-6-11(12)14(15)19/h2-3,6-7,10H,4-5,8-9H2,1H3,(H2,15,19)(H,16,18). The lowest BCUT2D eigenvalue weighted by atomic mass is 10.2. The van der Waals surface area contributed by atoms with Crippen molar-refractivity contribution in [3.63, 3.8) is 0 Å². The van der Waals surface area contributed by atoms with Crippen molar-refractivity contribution >= 4 is 28.8 Å². The SMILES string of the molecule is CC1CCCN1CC(=O)Nc1ccccc1C(N)=S. The van der Waals surface area contributed by atoms with Crippen LogP contribution in [0.2, 0.25) is 0 Å². The Hall–Kier alpha value is -1.46. The van der Waals surface area contributed by atoms with E-state index >= 15 is 0 Å². The number of nitrogens with one attached hydrogen (secondary N) is 1. The molecule has 1 heterocycles. The van der Waals surface area contributed by atoms with E-state index in [2.05, 4.69) is 17.1 Å². The summed E-state index contributed by atoms with van der Waals surface area (Å²) < 4.78 is 0. The van der Waals surface area contributed by atoms with E-state index in [1.807, 2.05) is 24.3 Å². The molecular formula is C14H19N3OS. The maximum Gasteiger partial charge on any atom is 0.238 e. The summed E-state index contributed by atoms with van der Waals surface area (Å²) in [6.07, 6.45) is 2.33. The predicted molar refractivity (Wildman–Crippen MR) is 81.2 cm³/mol. The summed E-state index contributed by atoms with van der Waals surface area (Å²) >= 11 is 4.98. The first kappa shape index (κ1) is 14.0. The van der Waals surface area contributed by atoms with Gasteiger partial charge in [-0.25, -0.2) is 0 Å². The zero-order valence-electron chi connectivity index (χ0n) is 11.1. The molecule has 1 aliphatic rings. The average molecular weight is 277 g/mol. The van der Waals surface area contributed by atoms with E-state index in [0.29, 0.717) is 28.8 Å². The highest BCUT2D eigenvalue weighted by molar-refractivity contribution is 7.80. The Morgan fingerprint density at radius 2 is 2.26 bits per heavy atom. The normalized spacial score (nSPS) is 19.3. The van der Waals surface area contributed by atoms with Crippen LogP contribution in [0.1, 0.15) is 25.3 Å². The van der Waals surface area contributed by atoms with Crippen LogP contribution in [0, 0.1) is 0 Å². The summed E-state index contributed by atoms with van der Waals surface area (Å²) in [5, 5.41) is 2.89. The van der Waals surface area contributed by atoms with Crippen molar-refractivity contribution < 1.29 is 4.79 Å². The summed E-state index contributed by atoms with van der Waals surface area (Å²) in [6, 6.07) is 7.83. The third-order valence-corrected chi connectivity index (χ3v) is 3.72. The van der Waals surface area contributed by atoms with Crippen molar-refractivity contribution in [3.05, 3.63) is 29.8 Å². The minimum absolute atomic E-state index is 0.0162. The molecule has 19 heavy (non-hydrogen) atoms. The van der Waals surface area contributed by atoms with E-state index in [1.54, 1.807) is 0 Å². The van der Waals surface area contributed by atoms with Gasteiger partial charge < -0.3 is 11.1 Å². The maximum absolute atomic E-state index is 12.1. The second-order valence-electron chi connectivity index (χ2n) is 4.92. The van der Waals surface area contributed by atoms with Crippen molar-refractivity contribution in [2.24, 2.45) is 5.73 Å². The molecule has 0 radical (unpaired) electrons. The second-order valence-corrected chi connectivity index (χ2v) is 5.36. The van der Waals surface area contributed by atoms with Gasteiger partial charge in [-0.3, -0.25) is 9.69 Å². The number of hydrogen-bond acceptors (Lipinski definition) is 3. The number of anilines is 1. The molecule has 1 aromatic carbocycles. The van der Waals surface area contributed by atoms with Crippen LogP contribution in [0.5, 0.6) is 0 Å². The fourth-order valence-corrected chi connectivity index (χ4v) is 2.59. The Bertz CT molecular complexity index is 489. The Morgan fingerprint density at radius 3 is 2.89 bits per heavy atom. The number of hydrogen-bond donors (Lipinski definition) is 2. The Morgan fingerprint density at radius 1 is 1.53 bits per heavy atom. The van der Waals surface area contributed by atoms with E-state index in [0.717, 1.165) is 19.4 Å². The summed E-state index contributed by atoms with van der Waals surface area (Å²) in [4.78, 5) is 14.5. The number of benzene rings is 1. The number of carbonyl (C=O) groups is 1. The Balaban J connectivity index is 2.01. The topological polar surface area (TPSA) is 58.4 Å². The van der Waals surface area contributed by atoms with Crippen molar-refractivity contribution in [1.29, 1.82) is 0 Å².